The van der Waals surface area contributed by atoms with Crippen LogP contribution >= 0.6 is 74.4 Å². The standard InChI is InChI=1S/6ClH.Na.Os.H/h6*1H;;;/q;;;;;;+1;;-1. The van der Waals surface area contributed by atoms with E-state index in [2.05, 4.69) is 0 Å². The molecule has 0 aromatic heterocycles. The molecule has 0 N–H and O–H groups in total. The maximum atomic E-state index is 0. The predicted octanol–water partition coefficient (Wildman–Crippen LogP) is -0.355. The van der Waals surface area contributed by atoms with E-state index in [1.165, 1.54) is 0 Å². The van der Waals surface area contributed by atoms with Crippen LogP contribution in [0, 0.1) is 0 Å². The fraction of sp³-hybridized carbons (Fsp3) is 0. The molecular weight excluding hydrogens is 426 g/mol. The first-order chi connectivity index (χ1) is 0. The van der Waals surface area contributed by atoms with E-state index in [0.717, 1.165) is 0 Å². The molecule has 0 atom stereocenters. The molecule has 0 aromatic carbocycles. The normalized spacial score (nSPS) is 0. The summed E-state index contributed by atoms with van der Waals surface area (Å²) in [5, 5.41) is 0. The number of hydrogen-bond donors (Lipinski definition) is 0. The smallest absolute Gasteiger partial charge is 1.00 e. The van der Waals surface area contributed by atoms with Gasteiger partial charge >= 0.3 is 29.6 Å². The molecule has 0 saturated carbocycles. The van der Waals surface area contributed by atoms with E-state index in [1.54, 1.807) is 0 Å². The molecule has 0 aliphatic rings. The first kappa shape index (κ1) is 107. The summed E-state index contributed by atoms with van der Waals surface area (Å²) in [5.74, 6) is 0. The molecule has 0 nitrogen and oxygen atoms in total. The third kappa shape index (κ3) is 57.7. The van der Waals surface area contributed by atoms with Crippen LogP contribution < -0.4 is 29.6 Å². The van der Waals surface area contributed by atoms with E-state index in [-0.39, 0.29) is 125 Å². The van der Waals surface area contributed by atoms with Gasteiger partial charge in [-0.05, 0) is 0 Å². The molecule has 0 rings (SSSR count). The molecule has 0 bridgehead atoms. The molecule has 0 amide bonds. The Hall–Kier alpha value is 3.38. The van der Waals surface area contributed by atoms with Crippen molar-refractivity contribution in [3.8, 4) is 0 Å². The fourth-order valence-corrected chi connectivity index (χ4v) is 0. The van der Waals surface area contributed by atoms with Crippen LogP contribution in [0.15, 0.2) is 0 Å². The summed E-state index contributed by atoms with van der Waals surface area (Å²) in [7, 11) is 0. The summed E-state index contributed by atoms with van der Waals surface area (Å²) in [4.78, 5) is 0. The van der Waals surface area contributed by atoms with Gasteiger partial charge in [0.1, 0.15) is 0 Å². The SMILES string of the molecule is Cl.Cl.Cl.Cl.Cl.Cl.[H-].[Na+].[Os]. The van der Waals surface area contributed by atoms with E-state index in [9.17, 15) is 0 Å². The minimum atomic E-state index is 0. The minimum absolute atomic E-state index is 0. The summed E-state index contributed by atoms with van der Waals surface area (Å²) >= 11 is 0. The average molecular weight is 433 g/mol. The molecule has 58 valence electrons. The quantitative estimate of drug-likeness (QED) is 0.459. The number of hydrogen-bond acceptors (Lipinski definition) is 0. The molecule has 0 aliphatic heterocycles. The van der Waals surface area contributed by atoms with Gasteiger partial charge in [0.15, 0.2) is 0 Å². The zero-order valence-electron chi connectivity index (χ0n) is 4.80. The monoisotopic (exact) mass is 432 g/mol. The van der Waals surface area contributed by atoms with Gasteiger partial charge in [-0.2, -0.15) is 0 Å². The molecule has 0 unspecified atom stereocenters. The summed E-state index contributed by atoms with van der Waals surface area (Å²) in [6, 6.07) is 0. The minimum Gasteiger partial charge on any atom is -1.00 e. The molecule has 0 heterocycles. The van der Waals surface area contributed by atoms with Crippen molar-refractivity contribution >= 4 is 74.4 Å². The summed E-state index contributed by atoms with van der Waals surface area (Å²) in [6.07, 6.45) is 0. The maximum absolute atomic E-state index is 0. The second-order valence-electron chi connectivity index (χ2n) is 0. The zero-order chi connectivity index (χ0) is 0. The van der Waals surface area contributed by atoms with Crippen molar-refractivity contribution in [1.82, 2.24) is 0 Å². The Bertz CT molecular complexity index is 13.0. The Morgan fingerprint density at radius 1 is 0.500 bits per heavy atom. The van der Waals surface area contributed by atoms with Crippen molar-refractivity contribution in [2.45, 2.75) is 0 Å². The van der Waals surface area contributed by atoms with Gasteiger partial charge in [0, 0.05) is 19.8 Å². The fourth-order valence-electron chi connectivity index (χ4n) is 0. The van der Waals surface area contributed by atoms with Gasteiger partial charge in [-0.1, -0.05) is 0 Å². The Balaban J connectivity index is 0. The largest absolute Gasteiger partial charge is 1.00 e. The van der Waals surface area contributed by atoms with E-state index in [0.29, 0.717) is 0 Å². The van der Waals surface area contributed by atoms with Crippen LogP contribution in [0.25, 0.3) is 0 Å². The van der Waals surface area contributed by atoms with Gasteiger partial charge < -0.3 is 1.43 Å². The third-order valence-corrected chi connectivity index (χ3v) is 0. The van der Waals surface area contributed by atoms with Crippen LogP contribution in [0.2, 0.25) is 0 Å². The summed E-state index contributed by atoms with van der Waals surface area (Å²) in [5.41, 5.74) is 0. The molecule has 0 aliphatic carbocycles. The van der Waals surface area contributed by atoms with Crippen molar-refractivity contribution in [1.29, 1.82) is 0 Å². The van der Waals surface area contributed by atoms with Crippen molar-refractivity contribution < 1.29 is 50.8 Å². The number of halogens is 6. The molecule has 0 radical (unpaired) electrons. The van der Waals surface area contributed by atoms with E-state index >= 15 is 0 Å². The third-order valence-electron chi connectivity index (χ3n) is 0. The van der Waals surface area contributed by atoms with Crippen LogP contribution in [0.5, 0.6) is 0 Å². The molecule has 8 heavy (non-hydrogen) atoms. The van der Waals surface area contributed by atoms with Gasteiger partial charge in [0.25, 0.3) is 0 Å². The maximum Gasteiger partial charge on any atom is 1.00 e. The van der Waals surface area contributed by atoms with Gasteiger partial charge in [0.2, 0.25) is 0 Å². The second kappa shape index (κ2) is 80.0. The van der Waals surface area contributed by atoms with Crippen molar-refractivity contribution in [2.75, 3.05) is 0 Å². The first-order valence-corrected chi connectivity index (χ1v) is 0. The summed E-state index contributed by atoms with van der Waals surface area (Å²) in [6.45, 7) is 0. The van der Waals surface area contributed by atoms with Gasteiger partial charge in [0.05, 0.1) is 0 Å². The van der Waals surface area contributed by atoms with E-state index in [4.69, 9.17) is 0 Å². The molecule has 0 saturated heterocycles. The molecule has 0 spiro atoms. The van der Waals surface area contributed by atoms with Crippen molar-refractivity contribution in [3.63, 3.8) is 0 Å². The first-order valence-electron chi connectivity index (χ1n) is 0. The van der Waals surface area contributed by atoms with E-state index < -0.39 is 0 Å². The van der Waals surface area contributed by atoms with Crippen molar-refractivity contribution in [2.24, 2.45) is 0 Å². The van der Waals surface area contributed by atoms with Gasteiger partial charge in [-0.3, -0.25) is 0 Å². The summed E-state index contributed by atoms with van der Waals surface area (Å²) < 4.78 is 0. The Morgan fingerprint density at radius 2 is 0.500 bits per heavy atom. The van der Waals surface area contributed by atoms with Crippen LogP contribution in [-0.2, 0) is 19.8 Å². The topological polar surface area (TPSA) is 0 Å². The van der Waals surface area contributed by atoms with E-state index in [1.807, 2.05) is 0 Å². The molecule has 0 aromatic rings. The molecule has 8 heteroatoms. The van der Waals surface area contributed by atoms with Crippen LogP contribution in [-0.4, -0.2) is 0 Å². The van der Waals surface area contributed by atoms with Crippen LogP contribution in [0.4, 0.5) is 0 Å². The number of rotatable bonds is 0. The van der Waals surface area contributed by atoms with Gasteiger partial charge in [-0.25, -0.2) is 0 Å². The van der Waals surface area contributed by atoms with Gasteiger partial charge in [-0.15, -0.1) is 74.4 Å². The Labute approximate surface area is 123 Å². The Kier molecular flexibility index (Phi) is 1070. The second-order valence-corrected chi connectivity index (χ2v) is 0. The molecule has 0 fully saturated rings. The van der Waals surface area contributed by atoms with Crippen LogP contribution in [0.3, 0.4) is 0 Å². The Morgan fingerprint density at radius 3 is 0.500 bits per heavy atom. The average Bonchev–Trinajstić information content (AvgIpc) is 0. The molecular formula is H7Cl6NaOs. The predicted molar refractivity (Wildman–Crippen MR) is 44.6 cm³/mol. The van der Waals surface area contributed by atoms with Crippen LogP contribution in [0.1, 0.15) is 1.43 Å². The van der Waals surface area contributed by atoms with Crippen molar-refractivity contribution in [3.05, 3.63) is 0 Å². The zero-order valence-corrected chi connectivity index (χ0v) is 13.2.